The van der Waals surface area contributed by atoms with Crippen LogP contribution >= 0.6 is 0 Å². The Hall–Kier alpha value is -0.450. The molecular formula is C9H27N3O. The molecule has 0 unspecified atom stereocenters. The van der Waals surface area contributed by atoms with E-state index in [-0.39, 0.29) is 0 Å². The molecule has 0 aliphatic carbocycles. The second-order valence-corrected chi connectivity index (χ2v) is 1.66. The van der Waals surface area contributed by atoms with Crippen LogP contribution in [0.1, 0.15) is 32.6 Å². The minimum atomic E-state index is 0.744. The molecule has 6 N–H and O–H groups in total. The van der Waals surface area contributed by atoms with Crippen LogP contribution in [-0.2, 0) is 4.79 Å². The normalized spacial score (nSPS) is 6.08. The van der Waals surface area contributed by atoms with Crippen LogP contribution < -0.4 is 17.2 Å². The average molecular weight is 193 g/mol. The van der Waals surface area contributed by atoms with Crippen molar-refractivity contribution in [3.63, 3.8) is 0 Å². The monoisotopic (exact) mass is 193 g/mol. The number of nitrogens with two attached hydrogens (primary N) is 3. The molecular weight excluding hydrogens is 166 g/mol. The summed E-state index contributed by atoms with van der Waals surface area (Å²) >= 11 is 0. The number of aldehydes is 1. The summed E-state index contributed by atoms with van der Waals surface area (Å²) < 4.78 is 0. The lowest BCUT2D eigenvalue weighted by molar-refractivity contribution is -0.107. The van der Waals surface area contributed by atoms with Crippen molar-refractivity contribution in [1.29, 1.82) is 0 Å². The number of hydrogen-bond donors (Lipinski definition) is 3. The molecule has 0 aliphatic heterocycles. The van der Waals surface area contributed by atoms with E-state index in [1.54, 1.807) is 0 Å². The van der Waals surface area contributed by atoms with Gasteiger partial charge in [0.2, 0.25) is 0 Å². The highest BCUT2D eigenvalue weighted by molar-refractivity contribution is 5.48. The van der Waals surface area contributed by atoms with Gasteiger partial charge in [-0.15, -0.1) is 0 Å². The van der Waals surface area contributed by atoms with Crippen LogP contribution in [0, 0.1) is 0 Å². The van der Waals surface area contributed by atoms with E-state index < -0.39 is 0 Å². The zero-order valence-corrected chi connectivity index (χ0v) is 9.55. The van der Waals surface area contributed by atoms with Crippen LogP contribution in [0.3, 0.4) is 0 Å². The molecule has 84 valence electrons. The Bertz CT molecular complexity index is 52.1. The van der Waals surface area contributed by atoms with Crippen LogP contribution in [0.15, 0.2) is 0 Å². The number of hydrogen-bond acceptors (Lipinski definition) is 4. The highest BCUT2D eigenvalue weighted by Gasteiger charge is 1.80. The van der Waals surface area contributed by atoms with Crippen LogP contribution in [0.4, 0.5) is 0 Å². The minimum Gasteiger partial charge on any atom is -0.333 e. The number of carbonyl (C=O) groups excluding carboxylic acids is 1. The summed E-state index contributed by atoms with van der Waals surface area (Å²) in [5, 5.41) is 0. The van der Waals surface area contributed by atoms with Gasteiger partial charge in [-0.1, -0.05) is 19.8 Å². The van der Waals surface area contributed by atoms with Gasteiger partial charge >= 0.3 is 0 Å². The Morgan fingerprint density at radius 1 is 0.923 bits per heavy atom. The first-order valence-electron chi connectivity index (χ1n) is 4.58. The largest absolute Gasteiger partial charge is 0.333 e. The Labute approximate surface area is 82.9 Å². The molecule has 0 aromatic carbocycles. The summed E-state index contributed by atoms with van der Waals surface area (Å²) in [7, 11) is 4.50. The molecule has 0 amide bonds. The van der Waals surface area contributed by atoms with Crippen molar-refractivity contribution in [3.05, 3.63) is 0 Å². The van der Waals surface area contributed by atoms with Crippen LogP contribution in [0.2, 0.25) is 0 Å². The second kappa shape index (κ2) is 62.1. The van der Waals surface area contributed by atoms with Gasteiger partial charge in [0.05, 0.1) is 0 Å². The fraction of sp³-hybridized carbons (Fsp3) is 0.889. The standard InChI is InChI=1S/C6H12O.3CH5N/c1-2-3-4-5-6-7;3*1-2/h6H,2-5H2,1H3;3*2H2,1H3. The molecule has 0 fully saturated rings. The van der Waals surface area contributed by atoms with Gasteiger partial charge in [-0.05, 0) is 27.6 Å². The van der Waals surface area contributed by atoms with E-state index in [1.807, 2.05) is 0 Å². The molecule has 0 atom stereocenters. The molecule has 0 radical (unpaired) electrons. The Morgan fingerprint density at radius 2 is 1.31 bits per heavy atom. The van der Waals surface area contributed by atoms with Crippen molar-refractivity contribution in [2.75, 3.05) is 21.1 Å². The fourth-order valence-electron chi connectivity index (χ4n) is 0.478. The summed E-state index contributed by atoms with van der Waals surface area (Å²) in [4.78, 5) is 9.68. The van der Waals surface area contributed by atoms with E-state index in [4.69, 9.17) is 0 Å². The maximum absolute atomic E-state index is 9.68. The van der Waals surface area contributed by atoms with Gasteiger partial charge in [0.25, 0.3) is 0 Å². The lowest BCUT2D eigenvalue weighted by Crippen LogP contribution is -1.73. The molecule has 0 spiro atoms. The molecule has 4 heteroatoms. The molecule has 0 rings (SSSR count). The first kappa shape index (κ1) is 22.9. The predicted molar refractivity (Wildman–Crippen MR) is 60.5 cm³/mol. The Morgan fingerprint density at radius 3 is 1.54 bits per heavy atom. The minimum absolute atomic E-state index is 0.744. The molecule has 0 bridgehead atoms. The quantitative estimate of drug-likeness (QED) is 0.447. The molecule has 0 heterocycles. The molecule has 0 aromatic rings. The van der Waals surface area contributed by atoms with Crippen molar-refractivity contribution in [1.82, 2.24) is 0 Å². The predicted octanol–water partition coefficient (Wildman–Crippen LogP) is 0.490. The number of carbonyl (C=O) groups is 1. The zero-order valence-electron chi connectivity index (χ0n) is 9.55. The molecule has 4 nitrogen and oxygen atoms in total. The summed E-state index contributed by atoms with van der Waals surface area (Å²) in [5.41, 5.74) is 13.5. The van der Waals surface area contributed by atoms with Crippen molar-refractivity contribution in [3.8, 4) is 0 Å². The fourth-order valence-corrected chi connectivity index (χ4v) is 0.478. The highest BCUT2D eigenvalue weighted by atomic mass is 16.1. The molecule has 0 saturated heterocycles. The molecule has 0 aliphatic rings. The third-order valence-electron chi connectivity index (χ3n) is 0.926. The van der Waals surface area contributed by atoms with E-state index in [0.717, 1.165) is 19.1 Å². The Balaban J connectivity index is -0.0000000573. The van der Waals surface area contributed by atoms with E-state index in [2.05, 4.69) is 24.1 Å². The third-order valence-corrected chi connectivity index (χ3v) is 0.926. The van der Waals surface area contributed by atoms with Gasteiger partial charge < -0.3 is 22.0 Å². The SMILES string of the molecule is CCCCCC=O.CN.CN.CN. The van der Waals surface area contributed by atoms with Crippen LogP contribution in [0.5, 0.6) is 0 Å². The van der Waals surface area contributed by atoms with Crippen LogP contribution in [0.25, 0.3) is 0 Å². The summed E-state index contributed by atoms with van der Waals surface area (Å²) in [6, 6.07) is 0. The lowest BCUT2D eigenvalue weighted by atomic mass is 10.2. The third kappa shape index (κ3) is 83.6. The maximum atomic E-state index is 9.68. The number of rotatable bonds is 4. The lowest BCUT2D eigenvalue weighted by Gasteiger charge is -1.85. The van der Waals surface area contributed by atoms with Gasteiger partial charge in [0.15, 0.2) is 0 Å². The van der Waals surface area contributed by atoms with E-state index in [0.29, 0.717) is 0 Å². The Kier molecular flexibility index (Phi) is 109. The van der Waals surface area contributed by atoms with Crippen molar-refractivity contribution in [2.24, 2.45) is 17.2 Å². The van der Waals surface area contributed by atoms with E-state index in [1.165, 1.54) is 34.0 Å². The van der Waals surface area contributed by atoms with Gasteiger partial charge in [-0.3, -0.25) is 0 Å². The second-order valence-electron chi connectivity index (χ2n) is 1.66. The molecule has 13 heavy (non-hydrogen) atoms. The summed E-state index contributed by atoms with van der Waals surface area (Å²) in [6.07, 6.45) is 5.19. The smallest absolute Gasteiger partial charge is 0.119 e. The average Bonchev–Trinajstić information content (AvgIpc) is 2.27. The summed E-state index contributed by atoms with van der Waals surface area (Å²) in [6.45, 7) is 2.13. The maximum Gasteiger partial charge on any atom is 0.119 e. The molecule has 0 saturated carbocycles. The highest BCUT2D eigenvalue weighted by Crippen LogP contribution is 1.94. The summed E-state index contributed by atoms with van der Waals surface area (Å²) in [5.74, 6) is 0. The molecule has 0 aromatic heterocycles. The van der Waals surface area contributed by atoms with Crippen molar-refractivity contribution >= 4 is 6.29 Å². The van der Waals surface area contributed by atoms with E-state index >= 15 is 0 Å². The first-order valence-corrected chi connectivity index (χ1v) is 4.58. The van der Waals surface area contributed by atoms with Gasteiger partial charge in [0, 0.05) is 6.42 Å². The van der Waals surface area contributed by atoms with Gasteiger partial charge in [-0.25, -0.2) is 0 Å². The first-order chi connectivity index (χ1) is 6.41. The topological polar surface area (TPSA) is 95.1 Å². The zero-order chi connectivity index (χ0) is 11.5. The van der Waals surface area contributed by atoms with Gasteiger partial charge in [0.1, 0.15) is 6.29 Å². The van der Waals surface area contributed by atoms with Crippen molar-refractivity contribution in [2.45, 2.75) is 32.6 Å². The van der Waals surface area contributed by atoms with E-state index in [9.17, 15) is 4.79 Å². The van der Waals surface area contributed by atoms with Gasteiger partial charge in [-0.2, -0.15) is 0 Å². The van der Waals surface area contributed by atoms with Crippen LogP contribution in [-0.4, -0.2) is 27.4 Å². The number of unbranched alkanes of at least 4 members (excludes halogenated alkanes) is 3. The van der Waals surface area contributed by atoms with Crippen molar-refractivity contribution < 1.29 is 4.79 Å².